The van der Waals surface area contributed by atoms with Crippen molar-refractivity contribution in [1.29, 1.82) is 0 Å². The van der Waals surface area contributed by atoms with Gasteiger partial charge in [-0.1, -0.05) is 56.7 Å². The van der Waals surface area contributed by atoms with E-state index in [2.05, 4.69) is 10.3 Å². The summed E-state index contributed by atoms with van der Waals surface area (Å²) in [6, 6.07) is 14.5. The van der Waals surface area contributed by atoms with Gasteiger partial charge in [0.15, 0.2) is 5.78 Å². The summed E-state index contributed by atoms with van der Waals surface area (Å²) >= 11 is 0. The molecule has 2 saturated heterocycles. The molecule has 10 nitrogen and oxygen atoms in total. The second-order valence-electron chi connectivity index (χ2n) is 10.1. The molecule has 2 aromatic rings. The Bertz CT molecular complexity index is 1170. The molecule has 0 radical (unpaired) electrons. The Morgan fingerprint density at radius 1 is 1.03 bits per heavy atom. The number of rotatable bonds is 10. The van der Waals surface area contributed by atoms with E-state index in [1.165, 1.54) is 11.7 Å². The van der Waals surface area contributed by atoms with Crippen LogP contribution in [0.3, 0.4) is 0 Å². The molecule has 0 aliphatic carbocycles. The van der Waals surface area contributed by atoms with E-state index < -0.39 is 48.3 Å². The summed E-state index contributed by atoms with van der Waals surface area (Å²) in [5, 5.41) is 13.3. The SMILES string of the molecule is CC(C)C[C@H](NC(=O)[C@@H](CC(=O)c1cccc(-c2ccccc2)n1)[C@@H](C)O)[B-]12OC(=O)CN1CC(=O)O2. The highest BCUT2D eigenvalue weighted by Crippen LogP contribution is 2.32. The number of carbonyl (C=O) groups excluding carboxylic acids is 4. The second-order valence-corrected chi connectivity index (χ2v) is 10.1. The molecule has 2 N–H and O–H groups in total. The summed E-state index contributed by atoms with van der Waals surface area (Å²) in [7, 11) is 0. The molecule has 3 heterocycles. The van der Waals surface area contributed by atoms with Crippen molar-refractivity contribution in [3.05, 3.63) is 54.2 Å². The molecule has 3 atom stereocenters. The van der Waals surface area contributed by atoms with E-state index in [-0.39, 0.29) is 31.1 Å². The smallest absolute Gasteiger partial charge is 0.453 e. The number of carbonyl (C=O) groups is 4. The summed E-state index contributed by atoms with van der Waals surface area (Å²) in [6.45, 7) is 2.48. The standard InChI is InChI=1S/C26H31BN3O7/c1-16(2)12-23(27-30(14-24(33)36-27)15-25(34)37-27)29-26(35)19(17(3)31)13-22(32)21-11-7-10-20(28-21)18-8-5-4-6-9-18/h4-11,16-17,19,23,31H,12-15H2,1-3H3,(H,29,35)/q-1/t17-,19+,23+/m1/s1. The van der Waals surface area contributed by atoms with E-state index >= 15 is 0 Å². The van der Waals surface area contributed by atoms with Gasteiger partial charge in [-0.3, -0.25) is 19.2 Å². The number of hydrogen-bond donors (Lipinski definition) is 2. The molecule has 2 fully saturated rings. The van der Waals surface area contributed by atoms with Crippen molar-refractivity contribution in [1.82, 2.24) is 15.1 Å². The first kappa shape index (κ1) is 26.5. The highest BCUT2D eigenvalue weighted by Gasteiger charge is 2.57. The topological polar surface area (TPSA) is 135 Å². The van der Waals surface area contributed by atoms with Gasteiger partial charge in [-0.2, -0.15) is 0 Å². The Morgan fingerprint density at radius 3 is 2.27 bits per heavy atom. The highest BCUT2D eigenvalue weighted by molar-refractivity contribution is 6.72. The lowest BCUT2D eigenvalue weighted by atomic mass is 9.59. The van der Waals surface area contributed by atoms with Crippen LogP contribution in [0.5, 0.6) is 0 Å². The van der Waals surface area contributed by atoms with Crippen LogP contribution in [-0.2, 0) is 23.7 Å². The maximum Gasteiger partial charge on any atom is 0.453 e. The van der Waals surface area contributed by atoms with Crippen LogP contribution < -0.4 is 5.32 Å². The zero-order valence-electron chi connectivity index (χ0n) is 21.1. The van der Waals surface area contributed by atoms with Crippen LogP contribution in [0.4, 0.5) is 0 Å². The number of pyridine rings is 1. The number of benzene rings is 1. The van der Waals surface area contributed by atoms with Gasteiger partial charge in [0.2, 0.25) is 5.91 Å². The van der Waals surface area contributed by atoms with Crippen LogP contribution >= 0.6 is 0 Å². The Kier molecular flexibility index (Phi) is 7.75. The van der Waals surface area contributed by atoms with Crippen LogP contribution in [0, 0.1) is 11.8 Å². The van der Waals surface area contributed by atoms with E-state index in [4.69, 9.17) is 9.31 Å². The molecule has 1 amide bonds. The number of ketones is 1. The highest BCUT2D eigenvalue weighted by atomic mass is 16.7. The van der Waals surface area contributed by atoms with E-state index in [9.17, 15) is 24.3 Å². The Morgan fingerprint density at radius 2 is 1.68 bits per heavy atom. The molecule has 1 aromatic carbocycles. The number of aliphatic hydroxyl groups excluding tert-OH is 1. The van der Waals surface area contributed by atoms with E-state index in [1.54, 1.807) is 18.2 Å². The number of amides is 1. The number of nitrogens with one attached hydrogen (secondary N) is 1. The lowest BCUT2D eigenvalue weighted by molar-refractivity contribution is -0.139. The predicted molar refractivity (Wildman–Crippen MR) is 135 cm³/mol. The third kappa shape index (κ3) is 5.73. The summed E-state index contributed by atoms with van der Waals surface area (Å²) < 4.78 is 11.0. The van der Waals surface area contributed by atoms with E-state index in [0.717, 1.165) is 5.56 Å². The van der Waals surface area contributed by atoms with Gasteiger partial charge in [-0.05, 0) is 25.0 Å². The third-order valence-corrected chi connectivity index (χ3v) is 6.76. The van der Waals surface area contributed by atoms with Crippen molar-refractivity contribution in [2.75, 3.05) is 13.1 Å². The molecule has 0 spiro atoms. The van der Waals surface area contributed by atoms with Crippen LogP contribution in [0.1, 0.15) is 44.1 Å². The number of fused-ring (bicyclic) bond motifs is 1. The molecule has 4 rings (SSSR count). The van der Waals surface area contributed by atoms with Crippen molar-refractivity contribution >= 4 is 30.3 Å². The van der Waals surface area contributed by atoms with Gasteiger partial charge < -0.3 is 24.5 Å². The average Bonchev–Trinajstić information content (AvgIpc) is 3.33. The summed E-state index contributed by atoms with van der Waals surface area (Å²) in [5.41, 5.74) is 1.65. The number of hydrogen-bond acceptors (Lipinski definition) is 9. The summed E-state index contributed by atoms with van der Waals surface area (Å²) in [5.74, 6) is -3.96. The molecular formula is C26H31BN3O7-. The average molecular weight is 508 g/mol. The van der Waals surface area contributed by atoms with Crippen molar-refractivity contribution in [3.8, 4) is 11.3 Å². The second kappa shape index (κ2) is 10.8. The van der Waals surface area contributed by atoms with Gasteiger partial charge in [0.05, 0.1) is 30.8 Å². The van der Waals surface area contributed by atoms with Gasteiger partial charge in [0.25, 0.3) is 11.9 Å². The Balaban J connectivity index is 1.53. The number of aromatic nitrogens is 1. The summed E-state index contributed by atoms with van der Waals surface area (Å²) in [6.07, 6.45) is -1.09. The van der Waals surface area contributed by atoms with E-state index in [1.807, 2.05) is 44.2 Å². The zero-order valence-corrected chi connectivity index (χ0v) is 21.1. The van der Waals surface area contributed by atoms with Gasteiger partial charge in [-0.25, -0.2) is 4.98 Å². The first-order valence-corrected chi connectivity index (χ1v) is 12.5. The molecule has 37 heavy (non-hydrogen) atoms. The monoisotopic (exact) mass is 508 g/mol. The molecule has 11 heteroatoms. The fourth-order valence-corrected chi connectivity index (χ4v) is 4.97. The molecule has 196 valence electrons. The first-order valence-electron chi connectivity index (χ1n) is 12.5. The number of nitrogens with zero attached hydrogens (tertiary/aromatic N) is 2. The fraction of sp³-hybridized carbons (Fsp3) is 0.423. The zero-order chi connectivity index (χ0) is 26.7. The molecule has 1 aromatic heterocycles. The molecule has 2 aliphatic rings. The predicted octanol–water partition coefficient (Wildman–Crippen LogP) is 1.74. The maximum absolute atomic E-state index is 13.4. The third-order valence-electron chi connectivity index (χ3n) is 6.76. The normalized spacial score (nSPS) is 19.1. The number of aliphatic hydroxyl groups is 1. The molecule has 0 bridgehead atoms. The summed E-state index contributed by atoms with van der Waals surface area (Å²) in [4.78, 5) is 56.7. The van der Waals surface area contributed by atoms with Crippen LogP contribution in [0.15, 0.2) is 48.5 Å². The maximum atomic E-state index is 13.4. The van der Waals surface area contributed by atoms with Crippen molar-refractivity contribution in [2.24, 2.45) is 11.8 Å². The lowest BCUT2D eigenvalue weighted by Crippen LogP contribution is -2.65. The Labute approximate surface area is 215 Å². The fourth-order valence-electron chi connectivity index (χ4n) is 4.97. The number of Topliss-reactive ketones (excluding diaryl/α,β-unsaturated/α-hetero) is 1. The molecule has 2 aliphatic heterocycles. The Hall–Kier alpha value is -3.57. The van der Waals surface area contributed by atoms with Crippen molar-refractivity contribution < 1.29 is 33.6 Å². The van der Waals surface area contributed by atoms with Crippen LogP contribution in [-0.4, -0.2) is 70.4 Å². The minimum absolute atomic E-state index is 0.0542. The van der Waals surface area contributed by atoms with Crippen LogP contribution in [0.25, 0.3) is 11.3 Å². The van der Waals surface area contributed by atoms with Crippen molar-refractivity contribution in [2.45, 2.75) is 45.7 Å². The van der Waals surface area contributed by atoms with Crippen LogP contribution in [0.2, 0.25) is 0 Å². The minimum Gasteiger partial charge on any atom is -0.641 e. The van der Waals surface area contributed by atoms with E-state index in [0.29, 0.717) is 12.1 Å². The quantitative estimate of drug-likeness (QED) is 0.364. The molecule has 0 unspecified atom stereocenters. The van der Waals surface area contributed by atoms with Gasteiger partial charge in [-0.15, -0.1) is 0 Å². The van der Waals surface area contributed by atoms with Crippen molar-refractivity contribution in [3.63, 3.8) is 0 Å². The largest absolute Gasteiger partial charge is 0.641 e. The lowest BCUT2D eigenvalue weighted by Gasteiger charge is -2.43. The molecule has 0 saturated carbocycles. The van der Waals surface area contributed by atoms with Gasteiger partial charge in [0, 0.05) is 17.9 Å². The minimum atomic E-state index is -2.57. The first-order chi connectivity index (χ1) is 17.6. The van der Waals surface area contributed by atoms with Gasteiger partial charge >= 0.3 is 6.69 Å². The van der Waals surface area contributed by atoms with Gasteiger partial charge in [0.1, 0.15) is 5.69 Å². The molecular weight excluding hydrogens is 477 g/mol.